The molecule has 4 heterocycles. The maximum atomic E-state index is 14.7. The molecule has 0 radical (unpaired) electrons. The third-order valence-corrected chi connectivity index (χ3v) is 9.10. The highest BCUT2D eigenvalue weighted by atomic mass is 32.1. The van der Waals surface area contributed by atoms with Crippen molar-refractivity contribution in [2.24, 2.45) is 5.73 Å². The van der Waals surface area contributed by atoms with Gasteiger partial charge in [0.05, 0.1) is 49.4 Å². The van der Waals surface area contributed by atoms with Crippen molar-refractivity contribution < 1.29 is 52.5 Å². The van der Waals surface area contributed by atoms with E-state index >= 15 is 0 Å². The fourth-order valence-electron chi connectivity index (χ4n) is 4.88. The van der Waals surface area contributed by atoms with E-state index in [-0.39, 0.29) is 34.9 Å². The quantitative estimate of drug-likeness (QED) is 0.0768. The highest BCUT2D eigenvalue weighted by Crippen LogP contribution is 2.40. The number of nitrogens with two attached hydrogens (primary N) is 1. The summed E-state index contributed by atoms with van der Waals surface area (Å²) in [6.45, 7) is 2.78. The number of ether oxygens (including phenoxy) is 1. The zero-order valence-corrected chi connectivity index (χ0v) is 28.8. The maximum Gasteiger partial charge on any atom is 0.471 e. The van der Waals surface area contributed by atoms with Gasteiger partial charge in [0.15, 0.2) is 12.0 Å². The first kappa shape index (κ1) is 39.2. The number of pyridine rings is 1. The fraction of sp³-hybridized carbons (Fsp3) is 0.483. The minimum absolute atomic E-state index is 0.0111. The fourth-order valence-corrected chi connectivity index (χ4v) is 6.15. The molecule has 274 valence electrons. The molecule has 1 saturated carbocycles. The van der Waals surface area contributed by atoms with Crippen molar-refractivity contribution in [3.05, 3.63) is 53.6 Å². The van der Waals surface area contributed by atoms with Crippen LogP contribution in [0.5, 0.6) is 0 Å². The number of halogens is 2. The molecule has 5 rings (SSSR count). The van der Waals surface area contributed by atoms with Gasteiger partial charge in [-0.2, -0.15) is 14.6 Å². The number of thiazole rings is 1. The summed E-state index contributed by atoms with van der Waals surface area (Å²) in [5.41, 5.74) is 4.28. The van der Waals surface area contributed by atoms with Crippen LogP contribution in [0.15, 0.2) is 36.1 Å². The van der Waals surface area contributed by atoms with Gasteiger partial charge in [0.25, 0.3) is 5.91 Å². The molecule has 0 aromatic carbocycles. The minimum Gasteiger partial charge on any atom is -0.394 e. The number of phosphoric acid groups is 1. The summed E-state index contributed by atoms with van der Waals surface area (Å²) in [7, 11) is -4.73. The van der Waals surface area contributed by atoms with Crippen LogP contribution in [0.25, 0.3) is 22.0 Å². The van der Waals surface area contributed by atoms with Crippen LogP contribution in [0.1, 0.15) is 62.3 Å². The van der Waals surface area contributed by atoms with Gasteiger partial charge < -0.3 is 40.9 Å². The van der Waals surface area contributed by atoms with Gasteiger partial charge in [-0.3, -0.25) is 14.0 Å². The molecule has 21 heteroatoms. The molecule has 1 unspecified atom stereocenters. The first-order valence-electron chi connectivity index (χ1n) is 15.4. The number of hydrogen-bond donors (Lipinski definition) is 7. The number of carbonyl (C=O) groups excluding carboxylic acids is 1. The Morgan fingerprint density at radius 1 is 1.12 bits per heavy atom. The molecule has 0 spiro atoms. The number of carbonyl (C=O) groups is 1. The van der Waals surface area contributed by atoms with Crippen LogP contribution in [0, 0.1) is 11.8 Å². The van der Waals surface area contributed by atoms with Gasteiger partial charge in [-0.1, -0.05) is 0 Å². The van der Waals surface area contributed by atoms with Crippen molar-refractivity contribution in [3.63, 3.8) is 0 Å². The Morgan fingerprint density at radius 3 is 2.40 bits per heavy atom. The predicted octanol–water partition coefficient (Wildman–Crippen LogP) is 2.60. The molecule has 0 saturated heterocycles. The van der Waals surface area contributed by atoms with E-state index in [1.807, 2.05) is 6.92 Å². The Morgan fingerprint density at radius 2 is 1.80 bits per heavy atom. The summed E-state index contributed by atoms with van der Waals surface area (Å²) >= 11 is 1.14. The third kappa shape index (κ3) is 10.3. The van der Waals surface area contributed by atoms with E-state index in [4.69, 9.17) is 35.6 Å². The summed E-state index contributed by atoms with van der Waals surface area (Å²) in [5, 5.41) is 38.2. The number of nitrogens with zero attached hydrogens (tertiary/aromatic N) is 6. The third-order valence-electron chi connectivity index (χ3n) is 7.63. The summed E-state index contributed by atoms with van der Waals surface area (Å²) in [4.78, 5) is 39.3. The van der Waals surface area contributed by atoms with Crippen LogP contribution in [-0.2, 0) is 13.8 Å². The Balaban J connectivity index is 0.000000627. The van der Waals surface area contributed by atoms with Gasteiger partial charge in [0, 0.05) is 29.9 Å². The highest BCUT2D eigenvalue weighted by molar-refractivity contribution is 7.46. The van der Waals surface area contributed by atoms with E-state index in [1.165, 1.54) is 29.4 Å². The topological polar surface area (TPSA) is 253 Å². The van der Waals surface area contributed by atoms with Gasteiger partial charge in [-0.15, -0.1) is 11.3 Å². The van der Waals surface area contributed by atoms with Crippen molar-refractivity contribution in [2.75, 3.05) is 31.7 Å². The second-order valence-corrected chi connectivity index (χ2v) is 13.5. The summed E-state index contributed by atoms with van der Waals surface area (Å²) in [5.74, 6) is -2.29. The van der Waals surface area contributed by atoms with Crippen molar-refractivity contribution in [1.82, 2.24) is 29.5 Å². The van der Waals surface area contributed by atoms with Crippen molar-refractivity contribution >= 4 is 30.8 Å². The molecular formula is C29H39F2N8O9PS. The Labute approximate surface area is 289 Å². The molecule has 0 aliphatic heterocycles. The van der Waals surface area contributed by atoms with Crippen LogP contribution >= 0.6 is 19.2 Å². The average molecular weight is 745 g/mol. The molecule has 4 aromatic heterocycles. The number of nitrogens with one attached hydrogen (secondary N) is 1. The lowest BCUT2D eigenvalue weighted by molar-refractivity contribution is 0.0260. The van der Waals surface area contributed by atoms with Gasteiger partial charge in [0.2, 0.25) is 5.95 Å². The molecule has 1 aliphatic rings. The molecule has 1 amide bonds. The lowest BCUT2D eigenvalue weighted by Gasteiger charge is -2.28. The van der Waals surface area contributed by atoms with E-state index in [1.54, 1.807) is 10.9 Å². The summed E-state index contributed by atoms with van der Waals surface area (Å²) in [6.07, 6.45) is 6.76. The van der Waals surface area contributed by atoms with E-state index in [2.05, 4.69) is 30.0 Å². The smallest absolute Gasteiger partial charge is 0.394 e. The number of aliphatic hydroxyl groups excluding tert-OH is 3. The second kappa shape index (κ2) is 17.1. The summed E-state index contributed by atoms with van der Waals surface area (Å²) < 4.78 is 53.1. The van der Waals surface area contributed by atoms with Gasteiger partial charge in [-0.05, 0) is 51.7 Å². The van der Waals surface area contributed by atoms with Gasteiger partial charge in [-0.25, -0.2) is 23.6 Å². The number of phosphoric ester groups is 1. The van der Waals surface area contributed by atoms with Gasteiger partial charge >= 0.3 is 7.82 Å². The molecular weight excluding hydrogens is 705 g/mol. The maximum absolute atomic E-state index is 14.7. The molecule has 1 atom stereocenters. The minimum atomic E-state index is -4.73. The monoisotopic (exact) mass is 744 g/mol. The van der Waals surface area contributed by atoms with Crippen LogP contribution in [0.2, 0.25) is 0 Å². The zero-order chi connectivity index (χ0) is 36.6. The number of aromatic nitrogens is 6. The van der Waals surface area contributed by atoms with E-state index in [9.17, 15) is 18.1 Å². The number of anilines is 1. The number of aliphatic hydroxyl groups is 3. The molecule has 17 nitrogen and oxygen atoms in total. The molecule has 4 aromatic rings. The largest absolute Gasteiger partial charge is 0.471 e. The van der Waals surface area contributed by atoms with Crippen molar-refractivity contribution in [1.29, 1.82) is 0 Å². The lowest BCUT2D eigenvalue weighted by atomic mass is 9.93. The second-order valence-electron chi connectivity index (χ2n) is 11.5. The normalized spacial score (nSPS) is 17.2. The van der Waals surface area contributed by atoms with Crippen LogP contribution in [0.4, 0.5) is 14.5 Å². The SMILES string of the molecule is CCOC1CCC(n2cc(NC(=O)c3csc(-c4cnn(C(C)OP(=O)(O)O)c4)n3)c(-c3nc(F)ccc3F)n2)CC1.NC(CO)(CO)CO. The van der Waals surface area contributed by atoms with E-state index < -0.39 is 57.1 Å². The number of rotatable bonds is 13. The molecule has 8 N–H and O–H groups in total. The molecule has 1 fully saturated rings. The van der Waals surface area contributed by atoms with Crippen molar-refractivity contribution in [3.8, 4) is 22.0 Å². The van der Waals surface area contributed by atoms with Crippen LogP contribution < -0.4 is 11.1 Å². The Kier molecular flexibility index (Phi) is 13.4. The molecule has 50 heavy (non-hydrogen) atoms. The predicted molar refractivity (Wildman–Crippen MR) is 176 cm³/mol. The van der Waals surface area contributed by atoms with Gasteiger partial charge in [0.1, 0.15) is 22.1 Å². The first-order valence-corrected chi connectivity index (χ1v) is 17.8. The average Bonchev–Trinajstić information content (AvgIpc) is 3.86. The van der Waals surface area contributed by atoms with E-state index in [0.717, 1.165) is 49.2 Å². The zero-order valence-electron chi connectivity index (χ0n) is 27.1. The standard InChI is InChI=1S/C25H28F2N7O6PS.C4H11NO3/c1-3-39-17-6-4-16(5-7-17)34-12-19(23(32-34)22-18(26)8-9-21(27)31-22)29-24(35)20-13-42-25(30-20)15-10-28-33(11-15)14(2)40-41(36,37)38;5-4(1-6,2-7)3-8/h8-14,16-17H,3-7H2,1-2H3,(H,29,35)(H2,36,37,38);6-8H,1-3,5H2. The Hall–Kier alpha value is -3.56. The van der Waals surface area contributed by atoms with Crippen LogP contribution in [-0.4, -0.2) is 98.6 Å². The molecule has 1 aliphatic carbocycles. The highest BCUT2D eigenvalue weighted by Gasteiger charge is 2.27. The summed E-state index contributed by atoms with van der Waals surface area (Å²) in [6, 6.07) is 1.83. The number of hydrogen-bond acceptors (Lipinski definition) is 13. The lowest BCUT2D eigenvalue weighted by Crippen LogP contribution is -2.50. The molecule has 0 bridgehead atoms. The van der Waals surface area contributed by atoms with Crippen LogP contribution in [0.3, 0.4) is 0 Å². The first-order chi connectivity index (χ1) is 23.7. The van der Waals surface area contributed by atoms with Crippen molar-refractivity contribution in [2.45, 2.75) is 63.4 Å². The van der Waals surface area contributed by atoms with E-state index in [0.29, 0.717) is 17.2 Å². The number of amides is 1. The Bertz CT molecular complexity index is 1760.